The number of nitrogens with zero attached hydrogens (tertiary/aromatic N) is 3. The number of anilines is 3. The lowest BCUT2D eigenvalue weighted by atomic mass is 10.2. The van der Waals surface area contributed by atoms with Crippen molar-refractivity contribution >= 4 is 52.2 Å². The summed E-state index contributed by atoms with van der Waals surface area (Å²) in [5.74, 6) is 0.210. The van der Waals surface area contributed by atoms with E-state index in [0.29, 0.717) is 43.8 Å². The van der Waals surface area contributed by atoms with Gasteiger partial charge in [-0.25, -0.2) is 0 Å². The summed E-state index contributed by atoms with van der Waals surface area (Å²) in [6.07, 6.45) is 1.54. The number of morpholine rings is 2. The fourth-order valence-corrected chi connectivity index (χ4v) is 4.88. The molecule has 0 atom stereocenters. The number of carbonyl (C=O) groups is 3. The summed E-state index contributed by atoms with van der Waals surface area (Å²) in [5.41, 5.74) is 1.65. The van der Waals surface area contributed by atoms with Gasteiger partial charge in [-0.2, -0.15) is 0 Å². The van der Waals surface area contributed by atoms with Gasteiger partial charge in [0.15, 0.2) is 5.88 Å². The standard InChI is InChI=1S/C24H26N4O6S/c29-21(25-17-1-3-18(4-2-17)26-7-11-32-12-8-26)16-28-23(30)20(35-24(28)31)15-19-5-6-22(34-19)27-9-13-33-14-10-27/h1-6,15H,7-14,16H2,(H,25,29)/b20-15-. The van der Waals surface area contributed by atoms with Gasteiger partial charge in [0.25, 0.3) is 11.1 Å². The average molecular weight is 499 g/mol. The first-order chi connectivity index (χ1) is 17.1. The highest BCUT2D eigenvalue weighted by Crippen LogP contribution is 2.33. The van der Waals surface area contributed by atoms with E-state index in [9.17, 15) is 14.4 Å². The summed E-state index contributed by atoms with van der Waals surface area (Å²) in [6, 6.07) is 11.1. The number of carbonyl (C=O) groups excluding carboxylic acids is 3. The van der Waals surface area contributed by atoms with Crippen LogP contribution < -0.4 is 15.1 Å². The molecule has 3 amide bonds. The highest BCUT2D eigenvalue weighted by Gasteiger charge is 2.36. The second-order valence-corrected chi connectivity index (χ2v) is 9.23. The predicted octanol–water partition coefficient (Wildman–Crippen LogP) is 2.63. The van der Waals surface area contributed by atoms with Gasteiger partial charge in [0.05, 0.1) is 31.3 Å². The molecule has 0 spiro atoms. The van der Waals surface area contributed by atoms with Crippen molar-refractivity contribution in [3.8, 4) is 0 Å². The molecule has 0 bridgehead atoms. The fraction of sp³-hybridized carbons (Fsp3) is 0.375. The van der Waals surface area contributed by atoms with Crippen LogP contribution in [0, 0.1) is 0 Å². The molecule has 0 aliphatic carbocycles. The van der Waals surface area contributed by atoms with Crippen LogP contribution in [0.15, 0.2) is 45.7 Å². The molecule has 3 saturated heterocycles. The summed E-state index contributed by atoms with van der Waals surface area (Å²) < 4.78 is 16.5. The molecule has 1 N–H and O–H groups in total. The number of hydrogen-bond donors (Lipinski definition) is 1. The SMILES string of the molecule is O=C(CN1C(=O)S/C(=C\c2ccc(N3CCOCC3)o2)C1=O)Nc1ccc(N2CCOCC2)cc1. The maximum Gasteiger partial charge on any atom is 0.294 e. The highest BCUT2D eigenvalue weighted by atomic mass is 32.2. The molecule has 4 heterocycles. The molecule has 2 aromatic rings. The number of amides is 3. The maximum atomic E-state index is 12.8. The first-order valence-corrected chi connectivity index (χ1v) is 12.3. The zero-order chi connectivity index (χ0) is 24.2. The number of ether oxygens (including phenoxy) is 2. The lowest BCUT2D eigenvalue weighted by Gasteiger charge is -2.28. The quantitative estimate of drug-likeness (QED) is 0.602. The predicted molar refractivity (Wildman–Crippen MR) is 133 cm³/mol. The topological polar surface area (TPSA) is 105 Å². The first kappa shape index (κ1) is 23.5. The van der Waals surface area contributed by atoms with Crippen LogP contribution in [0.3, 0.4) is 0 Å². The summed E-state index contributed by atoms with van der Waals surface area (Å²) in [6.45, 7) is 5.41. The number of nitrogens with one attached hydrogen (secondary N) is 1. The molecule has 3 aliphatic heterocycles. The zero-order valence-electron chi connectivity index (χ0n) is 19.1. The Morgan fingerprint density at radius 2 is 1.57 bits per heavy atom. The van der Waals surface area contributed by atoms with Crippen LogP contribution in [0.4, 0.5) is 22.1 Å². The monoisotopic (exact) mass is 498 g/mol. The molecular formula is C24H26N4O6S. The summed E-state index contributed by atoms with van der Waals surface area (Å²) >= 11 is 0.797. The number of thioether (sulfide) groups is 1. The molecule has 35 heavy (non-hydrogen) atoms. The zero-order valence-corrected chi connectivity index (χ0v) is 19.9. The second kappa shape index (κ2) is 10.5. The van der Waals surface area contributed by atoms with Gasteiger partial charge in [-0.05, 0) is 42.1 Å². The van der Waals surface area contributed by atoms with Gasteiger partial charge in [-0.3, -0.25) is 19.3 Å². The Labute approximate surface area is 206 Å². The number of imide groups is 1. The van der Waals surface area contributed by atoms with Crippen molar-refractivity contribution in [2.45, 2.75) is 0 Å². The fourth-order valence-electron chi connectivity index (χ4n) is 4.06. The highest BCUT2D eigenvalue weighted by molar-refractivity contribution is 8.18. The molecular weight excluding hydrogens is 472 g/mol. The molecule has 0 radical (unpaired) electrons. The second-order valence-electron chi connectivity index (χ2n) is 8.24. The Morgan fingerprint density at radius 3 is 2.26 bits per heavy atom. The van der Waals surface area contributed by atoms with Crippen molar-refractivity contribution < 1.29 is 28.3 Å². The summed E-state index contributed by atoms with van der Waals surface area (Å²) in [4.78, 5) is 43.2. The van der Waals surface area contributed by atoms with Crippen LogP contribution in [0.1, 0.15) is 5.76 Å². The van der Waals surface area contributed by atoms with Crippen LogP contribution in [0.2, 0.25) is 0 Å². The van der Waals surface area contributed by atoms with Crippen molar-refractivity contribution in [3.63, 3.8) is 0 Å². The van der Waals surface area contributed by atoms with Gasteiger partial charge in [0.1, 0.15) is 12.3 Å². The Balaban J connectivity index is 1.18. The molecule has 184 valence electrons. The van der Waals surface area contributed by atoms with Crippen LogP contribution in [-0.4, -0.2) is 81.1 Å². The van der Waals surface area contributed by atoms with E-state index in [2.05, 4.69) is 15.1 Å². The van der Waals surface area contributed by atoms with Crippen molar-refractivity contribution in [1.82, 2.24) is 4.90 Å². The third-order valence-corrected chi connectivity index (χ3v) is 6.82. The van der Waals surface area contributed by atoms with Crippen molar-refractivity contribution in [2.75, 3.05) is 74.3 Å². The molecule has 3 aliphatic rings. The van der Waals surface area contributed by atoms with E-state index in [1.165, 1.54) is 6.08 Å². The van der Waals surface area contributed by atoms with Crippen molar-refractivity contribution in [2.24, 2.45) is 0 Å². The molecule has 11 heteroatoms. The molecule has 0 unspecified atom stereocenters. The third-order valence-electron chi connectivity index (χ3n) is 5.91. The molecule has 1 aromatic carbocycles. The minimum atomic E-state index is -0.512. The molecule has 10 nitrogen and oxygen atoms in total. The largest absolute Gasteiger partial charge is 0.441 e. The lowest BCUT2D eigenvalue weighted by Crippen LogP contribution is -2.36. The van der Waals surface area contributed by atoms with Crippen LogP contribution in [0.5, 0.6) is 0 Å². The van der Waals surface area contributed by atoms with Crippen molar-refractivity contribution in [1.29, 1.82) is 0 Å². The van der Waals surface area contributed by atoms with Gasteiger partial charge in [0.2, 0.25) is 5.91 Å². The Bertz CT molecular complexity index is 1120. The van der Waals surface area contributed by atoms with Gasteiger partial charge in [-0.1, -0.05) is 0 Å². The van der Waals surface area contributed by atoms with Crippen molar-refractivity contribution in [3.05, 3.63) is 47.1 Å². The molecule has 1 aromatic heterocycles. The van der Waals surface area contributed by atoms with Crippen LogP contribution >= 0.6 is 11.8 Å². The lowest BCUT2D eigenvalue weighted by molar-refractivity contribution is -0.127. The number of benzene rings is 1. The van der Waals surface area contributed by atoms with Crippen LogP contribution in [-0.2, 0) is 19.1 Å². The first-order valence-electron chi connectivity index (χ1n) is 11.5. The van der Waals surface area contributed by atoms with E-state index < -0.39 is 17.1 Å². The Hall–Kier alpha value is -3.28. The Kier molecular flexibility index (Phi) is 7.07. The number of hydrogen-bond acceptors (Lipinski definition) is 9. The minimum Gasteiger partial charge on any atom is -0.441 e. The van der Waals surface area contributed by atoms with E-state index in [4.69, 9.17) is 13.9 Å². The third kappa shape index (κ3) is 5.53. The van der Waals surface area contributed by atoms with Gasteiger partial charge < -0.3 is 29.0 Å². The van der Waals surface area contributed by atoms with Gasteiger partial charge in [-0.15, -0.1) is 0 Å². The van der Waals surface area contributed by atoms with E-state index in [1.54, 1.807) is 18.2 Å². The molecule has 5 rings (SSSR count). The smallest absolute Gasteiger partial charge is 0.294 e. The van der Waals surface area contributed by atoms with E-state index in [-0.39, 0.29) is 11.4 Å². The Morgan fingerprint density at radius 1 is 0.914 bits per heavy atom. The summed E-state index contributed by atoms with van der Waals surface area (Å²) in [7, 11) is 0. The van der Waals surface area contributed by atoms with E-state index in [0.717, 1.165) is 48.5 Å². The maximum absolute atomic E-state index is 12.8. The average Bonchev–Trinajstić information content (AvgIpc) is 3.46. The van der Waals surface area contributed by atoms with Gasteiger partial charge in [0, 0.05) is 49.7 Å². The number of rotatable bonds is 6. The number of furan rings is 1. The molecule has 0 saturated carbocycles. The van der Waals surface area contributed by atoms with E-state index in [1.807, 2.05) is 18.2 Å². The molecule has 3 fully saturated rings. The normalized spacial score (nSPS) is 20.1. The van der Waals surface area contributed by atoms with E-state index >= 15 is 0 Å². The van der Waals surface area contributed by atoms with Gasteiger partial charge >= 0.3 is 0 Å². The summed E-state index contributed by atoms with van der Waals surface area (Å²) in [5, 5.41) is 2.27. The van der Waals surface area contributed by atoms with Crippen LogP contribution in [0.25, 0.3) is 6.08 Å². The minimum absolute atomic E-state index is 0.223.